The molecule has 0 radical (unpaired) electrons. The zero-order valence-electron chi connectivity index (χ0n) is 9.32. The van der Waals surface area contributed by atoms with Gasteiger partial charge in [0.25, 0.3) is 0 Å². The van der Waals surface area contributed by atoms with E-state index in [1.165, 1.54) is 0 Å². The van der Waals surface area contributed by atoms with E-state index in [0.717, 1.165) is 17.7 Å². The zero-order valence-corrected chi connectivity index (χ0v) is 9.32. The summed E-state index contributed by atoms with van der Waals surface area (Å²) in [6, 6.07) is 5.40. The number of carbonyl (C=O) groups is 1. The first-order chi connectivity index (χ1) is 7.58. The van der Waals surface area contributed by atoms with Crippen LogP contribution in [-0.4, -0.2) is 24.8 Å². The lowest BCUT2D eigenvalue weighted by Crippen LogP contribution is -2.40. The molecule has 0 aliphatic carbocycles. The number of fused-ring (bicyclic) bond motifs is 1. The SMILES string of the molecule is COc1ccc2c(c1)CCOC2(C)C(=O)O. The summed E-state index contributed by atoms with van der Waals surface area (Å²) in [6.07, 6.45) is 0.718. The van der Waals surface area contributed by atoms with Crippen LogP contribution in [0.2, 0.25) is 0 Å². The minimum absolute atomic E-state index is 0.420. The second kappa shape index (κ2) is 3.79. The Morgan fingerprint density at radius 3 is 2.94 bits per heavy atom. The van der Waals surface area contributed by atoms with Gasteiger partial charge in [-0.15, -0.1) is 0 Å². The lowest BCUT2D eigenvalue weighted by atomic mass is 9.87. The van der Waals surface area contributed by atoms with Gasteiger partial charge in [-0.3, -0.25) is 0 Å². The minimum Gasteiger partial charge on any atom is -0.497 e. The molecule has 1 aliphatic heterocycles. The van der Waals surface area contributed by atoms with E-state index < -0.39 is 11.6 Å². The third-order valence-electron chi connectivity index (χ3n) is 3.00. The van der Waals surface area contributed by atoms with E-state index in [1.54, 1.807) is 26.2 Å². The third-order valence-corrected chi connectivity index (χ3v) is 3.00. The van der Waals surface area contributed by atoms with Crippen molar-refractivity contribution in [2.45, 2.75) is 18.9 Å². The second-order valence-corrected chi connectivity index (χ2v) is 3.96. The van der Waals surface area contributed by atoms with Crippen LogP contribution in [0.5, 0.6) is 5.75 Å². The van der Waals surface area contributed by atoms with Crippen molar-refractivity contribution in [1.29, 1.82) is 0 Å². The third kappa shape index (κ3) is 1.55. The number of rotatable bonds is 2. The fourth-order valence-electron chi connectivity index (χ4n) is 1.99. The molecule has 1 aromatic carbocycles. The summed E-state index contributed by atoms with van der Waals surface area (Å²) in [5.74, 6) is -0.216. The van der Waals surface area contributed by atoms with Gasteiger partial charge in [-0.1, -0.05) is 6.07 Å². The van der Waals surface area contributed by atoms with Gasteiger partial charge in [-0.05, 0) is 36.6 Å². The van der Waals surface area contributed by atoms with Crippen molar-refractivity contribution in [1.82, 2.24) is 0 Å². The maximum atomic E-state index is 11.2. The summed E-state index contributed by atoms with van der Waals surface area (Å²) < 4.78 is 10.5. The van der Waals surface area contributed by atoms with Gasteiger partial charge in [0.1, 0.15) is 5.75 Å². The topological polar surface area (TPSA) is 55.8 Å². The van der Waals surface area contributed by atoms with Crippen LogP contribution in [-0.2, 0) is 21.6 Å². The van der Waals surface area contributed by atoms with Crippen LogP contribution in [0.15, 0.2) is 18.2 Å². The van der Waals surface area contributed by atoms with Gasteiger partial charge in [0.05, 0.1) is 13.7 Å². The van der Waals surface area contributed by atoms with Crippen molar-refractivity contribution in [3.05, 3.63) is 29.3 Å². The summed E-state index contributed by atoms with van der Waals surface area (Å²) >= 11 is 0. The molecule has 1 atom stereocenters. The molecule has 1 N–H and O–H groups in total. The highest BCUT2D eigenvalue weighted by Crippen LogP contribution is 2.34. The number of ether oxygens (including phenoxy) is 2. The average molecular weight is 222 g/mol. The van der Waals surface area contributed by atoms with Crippen LogP contribution >= 0.6 is 0 Å². The number of carboxylic acids is 1. The molecule has 0 saturated heterocycles. The van der Waals surface area contributed by atoms with Crippen molar-refractivity contribution in [2.24, 2.45) is 0 Å². The predicted octanol–water partition coefficient (Wildman–Crippen LogP) is 1.57. The fraction of sp³-hybridized carbons (Fsp3) is 0.417. The molecule has 0 aromatic heterocycles. The van der Waals surface area contributed by atoms with E-state index in [1.807, 2.05) is 6.07 Å². The van der Waals surface area contributed by atoms with E-state index in [0.29, 0.717) is 12.2 Å². The number of carboxylic acid groups (broad SMARTS) is 1. The number of hydrogen-bond acceptors (Lipinski definition) is 3. The number of hydrogen-bond donors (Lipinski definition) is 1. The number of aliphatic carboxylic acids is 1. The largest absolute Gasteiger partial charge is 0.497 e. The molecule has 2 rings (SSSR count). The maximum absolute atomic E-state index is 11.2. The quantitative estimate of drug-likeness (QED) is 0.825. The number of methoxy groups -OCH3 is 1. The average Bonchev–Trinajstić information content (AvgIpc) is 2.28. The molecular weight excluding hydrogens is 208 g/mol. The van der Waals surface area contributed by atoms with Crippen molar-refractivity contribution in [3.63, 3.8) is 0 Å². The molecule has 16 heavy (non-hydrogen) atoms. The molecule has 0 fully saturated rings. The number of benzene rings is 1. The van der Waals surface area contributed by atoms with Crippen molar-refractivity contribution in [3.8, 4) is 5.75 Å². The van der Waals surface area contributed by atoms with Gasteiger partial charge in [-0.25, -0.2) is 4.79 Å². The van der Waals surface area contributed by atoms with Crippen molar-refractivity contribution >= 4 is 5.97 Å². The Bertz CT molecular complexity index is 427. The smallest absolute Gasteiger partial charge is 0.340 e. The van der Waals surface area contributed by atoms with Crippen molar-refractivity contribution in [2.75, 3.05) is 13.7 Å². The van der Waals surface area contributed by atoms with Gasteiger partial charge in [0.2, 0.25) is 0 Å². The summed E-state index contributed by atoms with van der Waals surface area (Å²) in [4.78, 5) is 11.2. The van der Waals surface area contributed by atoms with E-state index in [-0.39, 0.29) is 0 Å². The van der Waals surface area contributed by atoms with Crippen LogP contribution in [0, 0.1) is 0 Å². The molecule has 1 unspecified atom stereocenters. The van der Waals surface area contributed by atoms with E-state index in [4.69, 9.17) is 9.47 Å². The molecule has 0 spiro atoms. The Labute approximate surface area is 93.8 Å². The van der Waals surface area contributed by atoms with E-state index in [9.17, 15) is 9.90 Å². The Hall–Kier alpha value is -1.55. The molecule has 86 valence electrons. The standard InChI is InChI=1S/C12H14O4/c1-12(11(13)14)10-4-3-9(15-2)7-8(10)5-6-16-12/h3-4,7H,5-6H2,1-2H3,(H,13,14). The maximum Gasteiger partial charge on any atom is 0.340 e. The molecular formula is C12H14O4. The minimum atomic E-state index is -1.24. The normalized spacial score (nSPS) is 23.6. The van der Waals surface area contributed by atoms with E-state index in [2.05, 4.69) is 0 Å². The zero-order chi connectivity index (χ0) is 11.8. The van der Waals surface area contributed by atoms with Gasteiger partial charge in [-0.2, -0.15) is 0 Å². The Kier molecular flexibility index (Phi) is 2.59. The molecule has 1 aromatic rings. The van der Waals surface area contributed by atoms with Crippen LogP contribution in [0.3, 0.4) is 0 Å². The molecule has 0 saturated carbocycles. The first kappa shape index (κ1) is 11.0. The Morgan fingerprint density at radius 2 is 2.31 bits per heavy atom. The highest BCUT2D eigenvalue weighted by molar-refractivity contribution is 5.80. The van der Waals surface area contributed by atoms with Gasteiger partial charge >= 0.3 is 5.97 Å². The van der Waals surface area contributed by atoms with Crippen molar-refractivity contribution < 1.29 is 19.4 Å². The first-order valence-corrected chi connectivity index (χ1v) is 5.12. The van der Waals surface area contributed by atoms with Crippen LogP contribution in [0.4, 0.5) is 0 Å². The molecule has 0 amide bonds. The van der Waals surface area contributed by atoms with E-state index >= 15 is 0 Å². The molecule has 1 heterocycles. The molecule has 1 aliphatic rings. The Balaban J connectivity index is 2.51. The summed E-state index contributed by atoms with van der Waals surface area (Å²) in [5, 5.41) is 9.21. The first-order valence-electron chi connectivity index (χ1n) is 5.12. The summed E-state index contributed by atoms with van der Waals surface area (Å²) in [5.41, 5.74) is 0.461. The highest BCUT2D eigenvalue weighted by Gasteiger charge is 2.40. The monoisotopic (exact) mass is 222 g/mol. The lowest BCUT2D eigenvalue weighted by molar-refractivity contribution is -0.166. The Morgan fingerprint density at radius 1 is 1.56 bits per heavy atom. The van der Waals surface area contributed by atoms with Crippen LogP contribution < -0.4 is 4.74 Å². The second-order valence-electron chi connectivity index (χ2n) is 3.96. The van der Waals surface area contributed by atoms with Gasteiger partial charge < -0.3 is 14.6 Å². The molecule has 4 heteroatoms. The molecule has 4 nitrogen and oxygen atoms in total. The summed E-state index contributed by atoms with van der Waals surface area (Å²) in [6.45, 7) is 2.00. The van der Waals surface area contributed by atoms with Crippen LogP contribution in [0.1, 0.15) is 18.1 Å². The van der Waals surface area contributed by atoms with Gasteiger partial charge in [0.15, 0.2) is 5.60 Å². The van der Waals surface area contributed by atoms with Gasteiger partial charge in [0, 0.05) is 0 Å². The molecule has 0 bridgehead atoms. The predicted molar refractivity (Wildman–Crippen MR) is 57.6 cm³/mol. The fourth-order valence-corrected chi connectivity index (χ4v) is 1.99. The highest BCUT2D eigenvalue weighted by atomic mass is 16.5. The lowest BCUT2D eigenvalue weighted by Gasteiger charge is -2.32. The van der Waals surface area contributed by atoms with Crippen LogP contribution in [0.25, 0.3) is 0 Å². The summed E-state index contributed by atoms with van der Waals surface area (Å²) in [7, 11) is 1.59.